The quantitative estimate of drug-likeness (QED) is 0.842. The molecule has 1 atom stereocenters. The van der Waals surface area contributed by atoms with Gasteiger partial charge in [-0.3, -0.25) is 5.32 Å². The van der Waals surface area contributed by atoms with E-state index in [1.807, 2.05) is 0 Å². The van der Waals surface area contributed by atoms with Crippen LogP contribution in [0.15, 0.2) is 24.3 Å². The van der Waals surface area contributed by atoms with Crippen molar-refractivity contribution < 1.29 is 18.3 Å². The average Bonchev–Trinajstić information content (AvgIpc) is 2.97. The van der Waals surface area contributed by atoms with Gasteiger partial charge in [0.25, 0.3) is 6.43 Å². The molecule has 1 aliphatic rings. The van der Waals surface area contributed by atoms with E-state index >= 15 is 0 Å². The van der Waals surface area contributed by atoms with Gasteiger partial charge in [0.2, 0.25) is 0 Å². The molecule has 1 aromatic rings. The number of carbonyl (C=O) groups excluding carboxylic acids is 1. The van der Waals surface area contributed by atoms with E-state index in [0.29, 0.717) is 5.56 Å². The molecule has 1 unspecified atom stereocenters. The van der Waals surface area contributed by atoms with Crippen molar-refractivity contribution in [3.8, 4) is 0 Å². The molecular weight excluding hydrogens is 264 g/mol. The summed E-state index contributed by atoms with van der Waals surface area (Å²) < 4.78 is 29.9. The normalized spacial score (nSPS) is 17.4. The van der Waals surface area contributed by atoms with Gasteiger partial charge in [0, 0.05) is 11.6 Å². The Kier molecular flexibility index (Phi) is 5.06. The molecule has 1 aromatic carbocycles. The standard InChI is InChI=1S/C15H19F2NO2/c1-20-15(19)13(18-12-4-2-3-5-12)10-6-8-11(9-7-10)14(16)17/h6-9,12-14,18H,2-5H2,1H3. The van der Waals surface area contributed by atoms with Gasteiger partial charge in [0.15, 0.2) is 0 Å². The number of alkyl halides is 2. The molecule has 0 aliphatic heterocycles. The van der Waals surface area contributed by atoms with Crippen molar-refractivity contribution >= 4 is 5.97 Å². The number of hydrogen-bond donors (Lipinski definition) is 1. The lowest BCUT2D eigenvalue weighted by atomic mass is 10.0. The summed E-state index contributed by atoms with van der Waals surface area (Å²) in [4.78, 5) is 11.9. The molecule has 3 nitrogen and oxygen atoms in total. The second kappa shape index (κ2) is 6.79. The third kappa shape index (κ3) is 3.54. The second-order valence-corrected chi connectivity index (χ2v) is 5.07. The van der Waals surface area contributed by atoms with E-state index in [1.54, 1.807) is 12.1 Å². The SMILES string of the molecule is COC(=O)C(NC1CCCC1)c1ccc(C(F)F)cc1. The number of methoxy groups -OCH3 is 1. The molecule has 0 saturated heterocycles. The van der Waals surface area contributed by atoms with Gasteiger partial charge in [-0.05, 0) is 18.4 Å². The molecule has 2 rings (SSSR count). The first-order valence-corrected chi connectivity index (χ1v) is 6.83. The summed E-state index contributed by atoms with van der Waals surface area (Å²) in [6.07, 6.45) is 1.86. The highest BCUT2D eigenvalue weighted by Gasteiger charge is 2.26. The van der Waals surface area contributed by atoms with Crippen molar-refractivity contribution in [3.63, 3.8) is 0 Å². The largest absolute Gasteiger partial charge is 0.468 e. The van der Waals surface area contributed by atoms with Crippen molar-refractivity contribution in [1.82, 2.24) is 5.32 Å². The van der Waals surface area contributed by atoms with E-state index in [2.05, 4.69) is 5.32 Å². The van der Waals surface area contributed by atoms with Crippen LogP contribution in [0, 0.1) is 0 Å². The van der Waals surface area contributed by atoms with Gasteiger partial charge < -0.3 is 4.74 Å². The van der Waals surface area contributed by atoms with Crippen LogP contribution in [0.4, 0.5) is 8.78 Å². The molecule has 0 amide bonds. The minimum absolute atomic E-state index is 0.0433. The molecule has 0 aromatic heterocycles. The Morgan fingerprint density at radius 2 is 1.75 bits per heavy atom. The lowest BCUT2D eigenvalue weighted by molar-refractivity contribution is -0.143. The lowest BCUT2D eigenvalue weighted by Gasteiger charge is -2.21. The first-order chi connectivity index (χ1) is 9.61. The summed E-state index contributed by atoms with van der Waals surface area (Å²) in [6.45, 7) is 0. The van der Waals surface area contributed by atoms with Crippen LogP contribution < -0.4 is 5.32 Å². The Labute approximate surface area is 117 Å². The van der Waals surface area contributed by atoms with Gasteiger partial charge >= 0.3 is 5.97 Å². The second-order valence-electron chi connectivity index (χ2n) is 5.07. The smallest absolute Gasteiger partial charge is 0.327 e. The van der Waals surface area contributed by atoms with Gasteiger partial charge in [-0.2, -0.15) is 0 Å². The van der Waals surface area contributed by atoms with Crippen LogP contribution in [0.5, 0.6) is 0 Å². The molecule has 0 spiro atoms. The number of benzene rings is 1. The first kappa shape index (κ1) is 14.9. The van der Waals surface area contributed by atoms with E-state index in [4.69, 9.17) is 4.74 Å². The Bertz CT molecular complexity index is 442. The molecule has 1 saturated carbocycles. The fourth-order valence-corrected chi connectivity index (χ4v) is 2.58. The maximum Gasteiger partial charge on any atom is 0.327 e. The van der Waals surface area contributed by atoms with Crippen molar-refractivity contribution in [2.75, 3.05) is 7.11 Å². The monoisotopic (exact) mass is 283 g/mol. The van der Waals surface area contributed by atoms with E-state index in [0.717, 1.165) is 25.7 Å². The van der Waals surface area contributed by atoms with Gasteiger partial charge in [-0.1, -0.05) is 37.1 Å². The third-order valence-electron chi connectivity index (χ3n) is 3.72. The van der Waals surface area contributed by atoms with Crippen molar-refractivity contribution in [2.45, 2.75) is 44.2 Å². The van der Waals surface area contributed by atoms with E-state index in [9.17, 15) is 13.6 Å². The van der Waals surface area contributed by atoms with Crippen LogP contribution in [0.1, 0.15) is 49.3 Å². The van der Waals surface area contributed by atoms with Crippen LogP contribution in [0.2, 0.25) is 0 Å². The zero-order valence-electron chi connectivity index (χ0n) is 11.4. The predicted molar refractivity (Wildman–Crippen MR) is 71.5 cm³/mol. The fourth-order valence-electron chi connectivity index (χ4n) is 2.58. The summed E-state index contributed by atoms with van der Waals surface area (Å²) in [5, 5.41) is 3.27. The molecule has 110 valence electrons. The van der Waals surface area contributed by atoms with Gasteiger partial charge in [0.05, 0.1) is 7.11 Å². The fraction of sp³-hybridized carbons (Fsp3) is 0.533. The summed E-state index contributed by atoms with van der Waals surface area (Å²) in [5.41, 5.74) is 0.617. The third-order valence-corrected chi connectivity index (χ3v) is 3.72. The molecule has 1 aliphatic carbocycles. The number of halogens is 2. The van der Waals surface area contributed by atoms with Gasteiger partial charge in [-0.15, -0.1) is 0 Å². The highest BCUT2D eigenvalue weighted by Crippen LogP contribution is 2.25. The zero-order valence-corrected chi connectivity index (χ0v) is 11.4. The average molecular weight is 283 g/mol. The topological polar surface area (TPSA) is 38.3 Å². The Balaban J connectivity index is 2.14. The molecule has 1 fully saturated rings. The molecule has 0 heterocycles. The van der Waals surface area contributed by atoms with E-state index in [-0.39, 0.29) is 17.6 Å². The zero-order chi connectivity index (χ0) is 14.5. The first-order valence-electron chi connectivity index (χ1n) is 6.83. The number of rotatable bonds is 5. The van der Waals surface area contributed by atoms with Crippen LogP contribution in [0.25, 0.3) is 0 Å². The summed E-state index contributed by atoms with van der Waals surface area (Å²) in [5.74, 6) is -0.387. The Morgan fingerprint density at radius 1 is 1.20 bits per heavy atom. The molecule has 5 heteroatoms. The van der Waals surface area contributed by atoms with Crippen LogP contribution >= 0.6 is 0 Å². The highest BCUT2D eigenvalue weighted by atomic mass is 19.3. The molecule has 0 radical (unpaired) electrons. The Morgan fingerprint density at radius 3 is 2.25 bits per heavy atom. The van der Waals surface area contributed by atoms with E-state index < -0.39 is 12.5 Å². The maximum atomic E-state index is 12.5. The van der Waals surface area contributed by atoms with Crippen molar-refractivity contribution in [2.24, 2.45) is 0 Å². The number of carbonyl (C=O) groups is 1. The van der Waals surface area contributed by atoms with Crippen LogP contribution in [-0.2, 0) is 9.53 Å². The summed E-state index contributed by atoms with van der Waals surface area (Å²) >= 11 is 0. The number of hydrogen-bond acceptors (Lipinski definition) is 3. The lowest BCUT2D eigenvalue weighted by Crippen LogP contribution is -2.36. The van der Waals surface area contributed by atoms with Crippen LogP contribution in [-0.4, -0.2) is 19.1 Å². The van der Waals surface area contributed by atoms with Gasteiger partial charge in [-0.25, -0.2) is 13.6 Å². The molecular formula is C15H19F2NO2. The van der Waals surface area contributed by atoms with Crippen LogP contribution in [0.3, 0.4) is 0 Å². The number of nitrogens with one attached hydrogen (secondary N) is 1. The van der Waals surface area contributed by atoms with Crippen molar-refractivity contribution in [1.29, 1.82) is 0 Å². The number of ether oxygens (including phenoxy) is 1. The molecule has 20 heavy (non-hydrogen) atoms. The van der Waals surface area contributed by atoms with Crippen molar-refractivity contribution in [3.05, 3.63) is 35.4 Å². The number of esters is 1. The predicted octanol–water partition coefficient (Wildman–Crippen LogP) is 3.37. The minimum atomic E-state index is -2.50. The van der Waals surface area contributed by atoms with E-state index in [1.165, 1.54) is 19.2 Å². The minimum Gasteiger partial charge on any atom is -0.468 e. The highest BCUT2D eigenvalue weighted by molar-refractivity contribution is 5.77. The Hall–Kier alpha value is -1.49. The van der Waals surface area contributed by atoms with Gasteiger partial charge in [0.1, 0.15) is 6.04 Å². The molecule has 1 N–H and O–H groups in total. The maximum absolute atomic E-state index is 12.5. The summed E-state index contributed by atoms with van der Waals surface area (Å²) in [7, 11) is 1.33. The molecule has 0 bridgehead atoms. The summed E-state index contributed by atoms with van der Waals surface area (Å²) in [6, 6.07) is 5.53.